The van der Waals surface area contributed by atoms with Crippen LogP contribution in [0.3, 0.4) is 0 Å². The number of carbonyl (C=O) groups is 1. The first-order chi connectivity index (χ1) is 9.85. The Morgan fingerprint density at radius 3 is 2.76 bits per heavy atom. The second kappa shape index (κ2) is 6.62. The van der Waals surface area contributed by atoms with Crippen LogP contribution in [0, 0.1) is 0 Å². The molecule has 1 aromatic heterocycles. The average molecular weight is 369 g/mol. The number of hydrogen-bond donors (Lipinski definition) is 2. The van der Waals surface area contributed by atoms with Crippen LogP contribution in [0.5, 0.6) is 0 Å². The molecule has 0 saturated heterocycles. The van der Waals surface area contributed by atoms with E-state index in [4.69, 9.17) is 0 Å². The summed E-state index contributed by atoms with van der Waals surface area (Å²) in [6.45, 7) is 5.86. The second-order valence-corrected chi connectivity index (χ2v) is 7.33. The molecule has 1 heterocycles. The van der Waals surface area contributed by atoms with Crippen molar-refractivity contribution in [1.82, 2.24) is 20.5 Å². The Kier molecular flexibility index (Phi) is 5.05. The highest BCUT2D eigenvalue weighted by molar-refractivity contribution is 9.10. The lowest BCUT2D eigenvalue weighted by molar-refractivity contribution is -0.119. The van der Waals surface area contributed by atoms with E-state index in [1.54, 1.807) is 0 Å². The van der Waals surface area contributed by atoms with Gasteiger partial charge in [-0.2, -0.15) is 0 Å². The molecule has 1 amide bonds. The van der Waals surface area contributed by atoms with E-state index in [1.807, 2.05) is 45.0 Å². The van der Waals surface area contributed by atoms with Gasteiger partial charge in [0.1, 0.15) is 0 Å². The maximum atomic E-state index is 11.8. The molecule has 0 bridgehead atoms. The molecule has 0 aliphatic carbocycles. The topological polar surface area (TPSA) is 70.7 Å². The fourth-order valence-electron chi connectivity index (χ4n) is 1.67. The summed E-state index contributed by atoms with van der Waals surface area (Å²) >= 11 is 4.79. The number of nitrogens with zero attached hydrogens (tertiary/aromatic N) is 2. The van der Waals surface area contributed by atoms with Gasteiger partial charge in [0.05, 0.1) is 5.75 Å². The van der Waals surface area contributed by atoms with E-state index in [-0.39, 0.29) is 11.4 Å². The van der Waals surface area contributed by atoms with Crippen LogP contribution in [0.15, 0.2) is 33.9 Å². The number of amides is 1. The van der Waals surface area contributed by atoms with Crippen molar-refractivity contribution in [3.63, 3.8) is 0 Å². The monoisotopic (exact) mass is 368 g/mol. The Balaban J connectivity index is 1.98. The second-order valence-electron chi connectivity index (χ2n) is 5.53. The summed E-state index contributed by atoms with van der Waals surface area (Å²) in [5, 5.41) is 10.5. The van der Waals surface area contributed by atoms with E-state index >= 15 is 0 Å². The number of aromatic amines is 1. The Labute approximate surface area is 136 Å². The molecule has 0 fully saturated rings. The summed E-state index contributed by atoms with van der Waals surface area (Å²) in [5.41, 5.74) is 0.715. The zero-order valence-electron chi connectivity index (χ0n) is 12.1. The maximum absolute atomic E-state index is 11.8. The normalized spacial score (nSPS) is 11.4. The number of H-pyrrole nitrogens is 1. The SMILES string of the molecule is CC(C)(C)NC(=O)CSc1n[nH]c(-c2ccccc2Br)n1. The van der Waals surface area contributed by atoms with Crippen molar-refractivity contribution >= 4 is 33.6 Å². The van der Waals surface area contributed by atoms with Crippen molar-refractivity contribution in [1.29, 1.82) is 0 Å². The van der Waals surface area contributed by atoms with Crippen LogP contribution in [0.25, 0.3) is 11.4 Å². The molecule has 21 heavy (non-hydrogen) atoms. The summed E-state index contributed by atoms with van der Waals surface area (Å²) in [5.74, 6) is 0.950. The van der Waals surface area contributed by atoms with E-state index in [2.05, 4.69) is 36.4 Å². The molecule has 1 aromatic carbocycles. The molecular formula is C14H17BrN4OS. The van der Waals surface area contributed by atoms with Gasteiger partial charge >= 0.3 is 0 Å². The van der Waals surface area contributed by atoms with Gasteiger partial charge in [-0.25, -0.2) is 4.98 Å². The molecule has 0 spiro atoms. The van der Waals surface area contributed by atoms with Crippen molar-refractivity contribution in [2.24, 2.45) is 0 Å². The first-order valence-corrected chi connectivity index (χ1v) is 8.24. The Hall–Kier alpha value is -1.34. The van der Waals surface area contributed by atoms with E-state index in [9.17, 15) is 4.79 Å². The molecule has 2 rings (SSSR count). The number of thioether (sulfide) groups is 1. The van der Waals surface area contributed by atoms with Crippen molar-refractivity contribution in [2.45, 2.75) is 31.5 Å². The predicted molar refractivity (Wildman–Crippen MR) is 88.1 cm³/mol. The van der Waals surface area contributed by atoms with Gasteiger partial charge < -0.3 is 5.32 Å². The average Bonchev–Trinajstić information content (AvgIpc) is 2.83. The molecule has 5 nitrogen and oxygen atoms in total. The number of rotatable bonds is 4. The zero-order chi connectivity index (χ0) is 15.5. The minimum atomic E-state index is -0.225. The summed E-state index contributed by atoms with van der Waals surface area (Å²) in [6, 6.07) is 7.77. The third kappa shape index (κ3) is 4.86. The number of aromatic nitrogens is 3. The lowest BCUT2D eigenvalue weighted by atomic mass is 10.1. The van der Waals surface area contributed by atoms with Gasteiger partial charge in [-0.05, 0) is 26.8 Å². The quantitative estimate of drug-likeness (QED) is 0.812. The summed E-state index contributed by atoms with van der Waals surface area (Å²) in [7, 11) is 0. The van der Waals surface area contributed by atoms with E-state index in [0.29, 0.717) is 16.7 Å². The van der Waals surface area contributed by atoms with Gasteiger partial charge in [0, 0.05) is 15.6 Å². The first-order valence-electron chi connectivity index (χ1n) is 6.46. The van der Waals surface area contributed by atoms with Gasteiger partial charge in [-0.15, -0.1) is 5.10 Å². The Bertz CT molecular complexity index is 636. The zero-order valence-corrected chi connectivity index (χ0v) is 14.5. The van der Waals surface area contributed by atoms with Crippen LogP contribution in [0.4, 0.5) is 0 Å². The number of nitrogens with one attached hydrogen (secondary N) is 2. The van der Waals surface area contributed by atoms with Crippen LogP contribution in [-0.2, 0) is 4.79 Å². The highest BCUT2D eigenvalue weighted by Gasteiger charge is 2.15. The number of carbonyl (C=O) groups excluding carboxylic acids is 1. The Morgan fingerprint density at radius 2 is 2.10 bits per heavy atom. The number of benzene rings is 1. The minimum absolute atomic E-state index is 0.0280. The van der Waals surface area contributed by atoms with Crippen LogP contribution in [0.2, 0.25) is 0 Å². The molecule has 0 unspecified atom stereocenters. The van der Waals surface area contributed by atoms with E-state index < -0.39 is 0 Å². The van der Waals surface area contributed by atoms with Crippen molar-refractivity contribution in [2.75, 3.05) is 5.75 Å². The molecule has 7 heteroatoms. The predicted octanol–water partition coefficient (Wildman–Crippen LogP) is 3.24. The van der Waals surface area contributed by atoms with Gasteiger partial charge in [-0.1, -0.05) is 45.9 Å². The molecule has 0 saturated carbocycles. The lowest BCUT2D eigenvalue weighted by Gasteiger charge is -2.19. The molecule has 2 aromatic rings. The standard InChI is InChI=1S/C14H17BrN4OS/c1-14(2,3)17-11(20)8-21-13-16-12(18-19-13)9-6-4-5-7-10(9)15/h4-7H,8H2,1-3H3,(H,17,20)(H,16,18,19). The smallest absolute Gasteiger partial charge is 0.230 e. The van der Waals surface area contributed by atoms with E-state index in [0.717, 1.165) is 10.0 Å². The molecule has 0 atom stereocenters. The molecule has 0 aliphatic heterocycles. The fraction of sp³-hybridized carbons (Fsp3) is 0.357. The Morgan fingerprint density at radius 1 is 1.38 bits per heavy atom. The highest BCUT2D eigenvalue weighted by Crippen LogP contribution is 2.26. The lowest BCUT2D eigenvalue weighted by Crippen LogP contribution is -2.41. The number of halogens is 1. The third-order valence-electron chi connectivity index (χ3n) is 2.44. The number of hydrogen-bond acceptors (Lipinski definition) is 4. The van der Waals surface area contributed by atoms with Crippen molar-refractivity contribution < 1.29 is 4.79 Å². The minimum Gasteiger partial charge on any atom is -0.351 e. The third-order valence-corrected chi connectivity index (χ3v) is 3.98. The van der Waals surface area contributed by atoms with Crippen LogP contribution >= 0.6 is 27.7 Å². The molecule has 0 radical (unpaired) electrons. The van der Waals surface area contributed by atoms with E-state index in [1.165, 1.54) is 11.8 Å². The summed E-state index contributed by atoms with van der Waals surface area (Å²) < 4.78 is 0.947. The van der Waals surface area contributed by atoms with Crippen LogP contribution < -0.4 is 5.32 Å². The summed E-state index contributed by atoms with van der Waals surface area (Å²) in [4.78, 5) is 16.2. The maximum Gasteiger partial charge on any atom is 0.230 e. The largest absolute Gasteiger partial charge is 0.351 e. The highest BCUT2D eigenvalue weighted by atomic mass is 79.9. The first kappa shape index (κ1) is 16.0. The van der Waals surface area contributed by atoms with Gasteiger partial charge in [0.25, 0.3) is 0 Å². The molecule has 0 aliphatic rings. The van der Waals surface area contributed by atoms with Crippen molar-refractivity contribution in [3.8, 4) is 11.4 Å². The van der Waals surface area contributed by atoms with Gasteiger partial charge in [-0.3, -0.25) is 9.89 Å². The van der Waals surface area contributed by atoms with Crippen LogP contribution in [-0.4, -0.2) is 32.4 Å². The molecule has 2 N–H and O–H groups in total. The summed E-state index contributed by atoms with van der Waals surface area (Å²) in [6.07, 6.45) is 0. The van der Waals surface area contributed by atoms with Crippen LogP contribution in [0.1, 0.15) is 20.8 Å². The van der Waals surface area contributed by atoms with Gasteiger partial charge in [0.15, 0.2) is 5.82 Å². The molecular weight excluding hydrogens is 352 g/mol. The fourth-order valence-corrected chi connectivity index (χ4v) is 2.74. The van der Waals surface area contributed by atoms with Crippen molar-refractivity contribution in [3.05, 3.63) is 28.7 Å². The molecule has 112 valence electrons. The van der Waals surface area contributed by atoms with Gasteiger partial charge in [0.2, 0.25) is 11.1 Å².